The van der Waals surface area contributed by atoms with Gasteiger partial charge in [0.25, 0.3) is 5.91 Å². The number of hydrogen-bond donors (Lipinski definition) is 1. The second-order valence-electron chi connectivity index (χ2n) is 5.08. The van der Waals surface area contributed by atoms with E-state index in [2.05, 4.69) is 15.6 Å². The highest BCUT2D eigenvalue weighted by Crippen LogP contribution is 2.21. The Balaban J connectivity index is 1.74. The van der Waals surface area contributed by atoms with Gasteiger partial charge in [0.05, 0.1) is 19.3 Å². The van der Waals surface area contributed by atoms with Crippen molar-refractivity contribution in [1.82, 2.24) is 25.2 Å². The molecule has 0 radical (unpaired) electrons. The van der Waals surface area contributed by atoms with Gasteiger partial charge in [-0.2, -0.15) is 0 Å². The molecule has 108 valence electrons. The molecule has 0 aromatic carbocycles. The fraction of sp³-hybridized carbons (Fsp3) is 0.667. The number of likely N-dealkylation sites (tertiary alicyclic amines) is 1. The Labute approximate surface area is 116 Å². The number of carbonyl (C=O) groups is 2. The minimum atomic E-state index is -0.497. The van der Waals surface area contributed by atoms with Gasteiger partial charge in [0.15, 0.2) is 5.69 Å². The van der Waals surface area contributed by atoms with Crippen LogP contribution in [-0.2, 0) is 9.53 Å². The van der Waals surface area contributed by atoms with Gasteiger partial charge in [0.2, 0.25) is 0 Å². The monoisotopic (exact) mass is 279 g/mol. The third kappa shape index (κ3) is 2.15. The first-order chi connectivity index (χ1) is 9.70. The molecule has 3 heterocycles. The number of methoxy groups -OCH3 is 1. The molecule has 1 N–H and O–H groups in total. The second kappa shape index (κ2) is 5.20. The van der Waals surface area contributed by atoms with E-state index >= 15 is 0 Å². The Bertz CT molecular complexity index is 525. The van der Waals surface area contributed by atoms with Crippen LogP contribution in [-0.4, -0.2) is 64.6 Å². The molecule has 1 amide bonds. The van der Waals surface area contributed by atoms with Gasteiger partial charge in [-0.25, -0.2) is 9.48 Å². The number of amides is 1. The van der Waals surface area contributed by atoms with E-state index in [0.29, 0.717) is 13.0 Å². The van der Waals surface area contributed by atoms with Crippen LogP contribution < -0.4 is 5.32 Å². The largest absolute Gasteiger partial charge is 0.467 e. The molecule has 0 aliphatic carbocycles. The molecule has 0 spiro atoms. The first-order valence-electron chi connectivity index (χ1n) is 6.72. The number of carbonyl (C=O) groups excluding carboxylic acids is 2. The van der Waals surface area contributed by atoms with Gasteiger partial charge in [-0.1, -0.05) is 5.21 Å². The lowest BCUT2D eigenvalue weighted by Gasteiger charge is -2.26. The van der Waals surface area contributed by atoms with Crippen molar-refractivity contribution in [2.75, 3.05) is 26.7 Å². The van der Waals surface area contributed by atoms with E-state index in [1.54, 1.807) is 10.9 Å². The average Bonchev–Trinajstić information content (AvgIpc) is 3.03. The highest BCUT2D eigenvalue weighted by atomic mass is 16.5. The van der Waals surface area contributed by atoms with Crippen molar-refractivity contribution < 1.29 is 14.3 Å². The molecule has 1 aromatic heterocycles. The summed E-state index contributed by atoms with van der Waals surface area (Å²) < 4.78 is 6.44. The Kier molecular flexibility index (Phi) is 3.39. The number of esters is 1. The Morgan fingerprint density at radius 2 is 2.25 bits per heavy atom. The summed E-state index contributed by atoms with van der Waals surface area (Å²) in [6.07, 6.45) is 3.09. The molecule has 2 saturated heterocycles. The first kappa shape index (κ1) is 13.0. The summed E-state index contributed by atoms with van der Waals surface area (Å²) in [5.41, 5.74) is 0.285. The SMILES string of the molecule is COC(=O)C1CCCN1C(=O)c1cn(C2CNC2)nn1. The highest BCUT2D eigenvalue weighted by molar-refractivity contribution is 5.95. The van der Waals surface area contributed by atoms with Gasteiger partial charge in [-0.15, -0.1) is 5.10 Å². The minimum Gasteiger partial charge on any atom is -0.467 e. The minimum absolute atomic E-state index is 0.253. The zero-order valence-corrected chi connectivity index (χ0v) is 11.3. The van der Waals surface area contributed by atoms with Crippen LogP contribution in [0.5, 0.6) is 0 Å². The van der Waals surface area contributed by atoms with Gasteiger partial charge in [-0.3, -0.25) is 4.79 Å². The van der Waals surface area contributed by atoms with E-state index in [9.17, 15) is 9.59 Å². The van der Waals surface area contributed by atoms with E-state index in [1.165, 1.54) is 12.0 Å². The molecular weight excluding hydrogens is 262 g/mol. The number of aromatic nitrogens is 3. The molecule has 2 fully saturated rings. The van der Waals surface area contributed by atoms with E-state index in [0.717, 1.165) is 19.5 Å². The Morgan fingerprint density at radius 3 is 2.90 bits per heavy atom. The van der Waals surface area contributed by atoms with Crippen LogP contribution in [0.15, 0.2) is 6.20 Å². The molecule has 20 heavy (non-hydrogen) atoms. The van der Waals surface area contributed by atoms with Crippen LogP contribution >= 0.6 is 0 Å². The molecule has 1 unspecified atom stereocenters. The van der Waals surface area contributed by atoms with Gasteiger partial charge >= 0.3 is 5.97 Å². The average molecular weight is 279 g/mol. The van der Waals surface area contributed by atoms with Crippen molar-refractivity contribution in [3.8, 4) is 0 Å². The van der Waals surface area contributed by atoms with Crippen molar-refractivity contribution in [3.05, 3.63) is 11.9 Å². The van der Waals surface area contributed by atoms with Gasteiger partial charge < -0.3 is 15.0 Å². The molecule has 8 nitrogen and oxygen atoms in total. The lowest BCUT2D eigenvalue weighted by molar-refractivity contribution is -0.145. The molecule has 0 bridgehead atoms. The van der Waals surface area contributed by atoms with Crippen LogP contribution in [0.3, 0.4) is 0 Å². The standard InChI is InChI=1S/C12H17N5O3/c1-20-12(19)10-3-2-4-16(10)11(18)9-7-17(15-14-9)8-5-13-6-8/h7-8,10,13H,2-6H2,1H3. The third-order valence-corrected chi connectivity index (χ3v) is 3.85. The van der Waals surface area contributed by atoms with E-state index in [4.69, 9.17) is 4.74 Å². The summed E-state index contributed by atoms with van der Waals surface area (Å²) in [6, 6.07) is -0.234. The van der Waals surface area contributed by atoms with Crippen LogP contribution in [0.2, 0.25) is 0 Å². The van der Waals surface area contributed by atoms with E-state index in [1.807, 2.05) is 0 Å². The summed E-state index contributed by atoms with van der Waals surface area (Å²) >= 11 is 0. The maximum Gasteiger partial charge on any atom is 0.328 e. The van der Waals surface area contributed by atoms with Gasteiger partial charge in [0.1, 0.15) is 6.04 Å². The maximum atomic E-state index is 12.4. The lowest BCUT2D eigenvalue weighted by atomic mass is 10.2. The van der Waals surface area contributed by atoms with Crippen molar-refractivity contribution in [3.63, 3.8) is 0 Å². The summed E-state index contributed by atoms with van der Waals surface area (Å²) in [6.45, 7) is 2.23. The summed E-state index contributed by atoms with van der Waals surface area (Å²) in [5.74, 6) is -0.622. The Morgan fingerprint density at radius 1 is 1.45 bits per heavy atom. The summed E-state index contributed by atoms with van der Waals surface area (Å²) in [5, 5.41) is 11.0. The molecule has 3 rings (SSSR count). The molecule has 0 saturated carbocycles. The molecule has 1 aromatic rings. The van der Waals surface area contributed by atoms with Crippen LogP contribution in [0.1, 0.15) is 29.4 Å². The van der Waals surface area contributed by atoms with Crippen molar-refractivity contribution in [2.45, 2.75) is 24.9 Å². The zero-order chi connectivity index (χ0) is 14.1. The number of ether oxygens (including phenoxy) is 1. The number of nitrogens with zero attached hydrogens (tertiary/aromatic N) is 4. The smallest absolute Gasteiger partial charge is 0.328 e. The maximum absolute atomic E-state index is 12.4. The number of hydrogen-bond acceptors (Lipinski definition) is 6. The number of rotatable bonds is 3. The van der Waals surface area contributed by atoms with Crippen molar-refractivity contribution in [1.29, 1.82) is 0 Å². The zero-order valence-electron chi connectivity index (χ0n) is 11.3. The molecule has 2 aliphatic heterocycles. The quantitative estimate of drug-likeness (QED) is 0.729. The topological polar surface area (TPSA) is 89.4 Å². The van der Waals surface area contributed by atoms with Crippen molar-refractivity contribution >= 4 is 11.9 Å². The first-order valence-corrected chi connectivity index (χ1v) is 6.72. The second-order valence-corrected chi connectivity index (χ2v) is 5.08. The molecule has 1 atom stereocenters. The fourth-order valence-electron chi connectivity index (χ4n) is 2.55. The van der Waals surface area contributed by atoms with E-state index < -0.39 is 6.04 Å². The molecule has 2 aliphatic rings. The van der Waals surface area contributed by atoms with E-state index in [-0.39, 0.29) is 23.6 Å². The predicted molar refractivity (Wildman–Crippen MR) is 68.0 cm³/mol. The Hall–Kier alpha value is -1.96. The fourth-order valence-corrected chi connectivity index (χ4v) is 2.55. The molecule has 8 heteroatoms. The van der Waals surface area contributed by atoms with Crippen LogP contribution in [0.4, 0.5) is 0 Å². The predicted octanol–water partition coefficient (Wildman–Crippen LogP) is -0.800. The van der Waals surface area contributed by atoms with Crippen LogP contribution in [0, 0.1) is 0 Å². The highest BCUT2D eigenvalue weighted by Gasteiger charge is 2.36. The normalized spacial score (nSPS) is 22.6. The van der Waals surface area contributed by atoms with Crippen LogP contribution in [0.25, 0.3) is 0 Å². The third-order valence-electron chi connectivity index (χ3n) is 3.85. The van der Waals surface area contributed by atoms with Gasteiger partial charge in [0, 0.05) is 19.6 Å². The van der Waals surface area contributed by atoms with Crippen molar-refractivity contribution in [2.24, 2.45) is 0 Å². The van der Waals surface area contributed by atoms with Gasteiger partial charge in [-0.05, 0) is 12.8 Å². The number of nitrogens with one attached hydrogen (secondary N) is 1. The lowest BCUT2D eigenvalue weighted by Crippen LogP contribution is -2.43. The summed E-state index contributed by atoms with van der Waals surface area (Å²) in [7, 11) is 1.34. The molecular formula is C12H17N5O3. The summed E-state index contributed by atoms with van der Waals surface area (Å²) in [4.78, 5) is 25.6.